The molecule has 0 radical (unpaired) electrons. The van der Waals surface area contributed by atoms with Gasteiger partial charge in [-0.15, -0.1) is 0 Å². The first-order valence-corrected chi connectivity index (χ1v) is 17.7. The Labute approximate surface area is 324 Å². The lowest BCUT2D eigenvalue weighted by molar-refractivity contribution is -0.301. The number of aromatic nitrogens is 2. The summed E-state index contributed by atoms with van der Waals surface area (Å²) < 4.78 is 44.8. The van der Waals surface area contributed by atoms with Crippen LogP contribution in [0.3, 0.4) is 0 Å². The zero-order valence-electron chi connectivity index (χ0n) is 32.3. The average molecular weight is 769 g/mol. The van der Waals surface area contributed by atoms with Crippen molar-refractivity contribution in [1.82, 2.24) is 19.8 Å². The number of piperidine rings is 1. The fraction of sp³-hybridized carbons (Fsp3) is 0.341. The second kappa shape index (κ2) is 17.0. The molecule has 4 aromatic rings. The Morgan fingerprint density at radius 1 is 0.732 bits per heavy atom. The molecule has 2 aromatic carbocycles. The molecule has 2 aliphatic rings. The zero-order chi connectivity index (χ0) is 40.0. The molecule has 15 heteroatoms. The second-order valence-electron chi connectivity index (χ2n) is 13.1. The van der Waals surface area contributed by atoms with Crippen molar-refractivity contribution in [2.75, 3.05) is 56.3 Å². The Bertz CT molecular complexity index is 2070. The average Bonchev–Trinajstić information content (AvgIpc) is 3.36. The number of hydrogen-bond acceptors (Lipinski definition) is 14. The molecule has 2 aliphatic heterocycles. The molecular weight excluding hydrogens is 724 g/mol. The number of likely N-dealkylation sites (tertiary alicyclic amines) is 1. The summed E-state index contributed by atoms with van der Waals surface area (Å²) in [4.78, 5) is 52.4. The lowest BCUT2D eigenvalue weighted by Gasteiger charge is -2.46. The Morgan fingerprint density at radius 2 is 1.20 bits per heavy atom. The quantitative estimate of drug-likeness (QED) is 0.167. The van der Waals surface area contributed by atoms with E-state index in [1.807, 2.05) is 24.3 Å². The lowest BCUT2D eigenvalue weighted by atomic mass is 9.91. The van der Waals surface area contributed by atoms with Crippen LogP contribution in [0.25, 0.3) is 22.5 Å². The van der Waals surface area contributed by atoms with E-state index in [1.54, 1.807) is 67.7 Å². The van der Waals surface area contributed by atoms with E-state index in [4.69, 9.17) is 37.9 Å². The van der Waals surface area contributed by atoms with Crippen LogP contribution in [-0.2, 0) is 36.9 Å². The monoisotopic (exact) mass is 768 g/mol. The van der Waals surface area contributed by atoms with Gasteiger partial charge in [0.05, 0.1) is 60.5 Å². The van der Waals surface area contributed by atoms with Gasteiger partial charge in [0.2, 0.25) is 17.4 Å². The van der Waals surface area contributed by atoms with Crippen LogP contribution in [0.4, 0.5) is 0 Å². The van der Waals surface area contributed by atoms with Gasteiger partial charge >= 0.3 is 17.8 Å². The van der Waals surface area contributed by atoms with Crippen molar-refractivity contribution in [3.63, 3.8) is 0 Å². The second-order valence-corrected chi connectivity index (χ2v) is 13.1. The van der Waals surface area contributed by atoms with E-state index in [-0.39, 0.29) is 32.0 Å². The van der Waals surface area contributed by atoms with Gasteiger partial charge in [-0.05, 0) is 66.1 Å². The minimum atomic E-state index is -1.84. The normalized spacial score (nSPS) is 16.3. The number of esters is 2. The van der Waals surface area contributed by atoms with Crippen LogP contribution in [-0.4, -0.2) is 99.8 Å². The molecule has 1 unspecified atom stereocenters. The van der Waals surface area contributed by atoms with Crippen LogP contribution in [0.15, 0.2) is 73.1 Å². The van der Waals surface area contributed by atoms with Gasteiger partial charge in [0.25, 0.3) is 0 Å². The summed E-state index contributed by atoms with van der Waals surface area (Å²) in [6.07, 6.45) is 5.71. The predicted molar refractivity (Wildman–Crippen MR) is 202 cm³/mol. The Morgan fingerprint density at radius 3 is 1.66 bits per heavy atom. The third-order valence-corrected chi connectivity index (χ3v) is 9.70. The van der Waals surface area contributed by atoms with Gasteiger partial charge in [-0.25, -0.2) is 14.5 Å². The lowest BCUT2D eigenvalue weighted by Crippen LogP contribution is -2.59. The Balaban J connectivity index is 1.23. The molecule has 1 fully saturated rings. The van der Waals surface area contributed by atoms with Gasteiger partial charge < -0.3 is 42.8 Å². The van der Waals surface area contributed by atoms with Crippen LogP contribution >= 0.6 is 0 Å². The predicted octanol–water partition coefficient (Wildman–Crippen LogP) is 5.04. The minimum Gasteiger partial charge on any atom is -0.493 e. The molecule has 56 heavy (non-hydrogen) atoms. The molecule has 1 saturated heterocycles. The number of benzene rings is 2. The highest BCUT2D eigenvalue weighted by molar-refractivity contribution is 5.93. The van der Waals surface area contributed by atoms with E-state index in [0.29, 0.717) is 57.9 Å². The molecule has 1 atom stereocenters. The van der Waals surface area contributed by atoms with Gasteiger partial charge in [0.15, 0.2) is 23.0 Å². The first-order valence-electron chi connectivity index (χ1n) is 17.7. The van der Waals surface area contributed by atoms with Crippen LogP contribution in [0, 0.1) is 5.92 Å². The van der Waals surface area contributed by atoms with Crippen molar-refractivity contribution in [3.8, 4) is 57.0 Å². The molecule has 0 saturated carbocycles. The molecule has 6 rings (SSSR count). The third kappa shape index (κ3) is 8.17. The first kappa shape index (κ1) is 39.3. The van der Waals surface area contributed by atoms with E-state index in [1.165, 1.54) is 28.4 Å². The van der Waals surface area contributed by atoms with E-state index in [9.17, 15) is 14.4 Å². The maximum atomic E-state index is 14.1. The van der Waals surface area contributed by atoms with Gasteiger partial charge in [-0.1, -0.05) is 0 Å². The van der Waals surface area contributed by atoms with Crippen molar-refractivity contribution in [2.24, 2.45) is 5.92 Å². The third-order valence-electron chi connectivity index (χ3n) is 9.70. The van der Waals surface area contributed by atoms with E-state index >= 15 is 0 Å². The van der Waals surface area contributed by atoms with Crippen molar-refractivity contribution in [1.29, 1.82) is 0 Å². The largest absolute Gasteiger partial charge is 0.493 e. The van der Waals surface area contributed by atoms with Crippen LogP contribution in [0.5, 0.6) is 34.5 Å². The number of nitrogens with zero attached hydrogens (tertiary/aromatic N) is 4. The number of carbonyl (C=O) groups excluding carboxylic acids is 3. The number of amides is 1. The summed E-state index contributed by atoms with van der Waals surface area (Å²) in [6, 6.07) is 14.6. The number of rotatable bonds is 13. The van der Waals surface area contributed by atoms with Crippen LogP contribution in [0.2, 0.25) is 0 Å². The molecule has 1 spiro atoms. The summed E-state index contributed by atoms with van der Waals surface area (Å²) in [7, 11) is 10.9. The summed E-state index contributed by atoms with van der Waals surface area (Å²) in [6.45, 7) is 0.735. The van der Waals surface area contributed by atoms with Gasteiger partial charge in [-0.2, -0.15) is 0 Å². The van der Waals surface area contributed by atoms with Crippen molar-refractivity contribution in [2.45, 2.75) is 31.8 Å². The van der Waals surface area contributed by atoms with Gasteiger partial charge in [0, 0.05) is 68.3 Å². The highest BCUT2D eigenvalue weighted by Crippen LogP contribution is 2.43. The topological polar surface area (TPSA) is 157 Å². The van der Waals surface area contributed by atoms with E-state index in [0.717, 1.165) is 28.8 Å². The number of ether oxygens (including phenoxy) is 8. The highest BCUT2D eigenvalue weighted by atomic mass is 16.8. The maximum absolute atomic E-state index is 14.1. The van der Waals surface area contributed by atoms with Crippen molar-refractivity contribution < 1.29 is 52.3 Å². The van der Waals surface area contributed by atoms with Crippen LogP contribution in [0.1, 0.15) is 24.0 Å². The molecule has 2 aromatic heterocycles. The van der Waals surface area contributed by atoms with Crippen molar-refractivity contribution >= 4 is 17.8 Å². The molecule has 0 aliphatic carbocycles. The Hall–Kier alpha value is -6.35. The first-order chi connectivity index (χ1) is 27.0. The number of pyridine rings is 2. The fourth-order valence-corrected chi connectivity index (χ4v) is 6.99. The SMILES string of the molecule is COc1cc(-c2cc(CN(C)C(=O)C3CCN(Cc4ccnc(-c5cc(OC)c(OC)c(OC)c5)c4)C4(C3)OC(=O)C=CC(=O)O4)ccn2)cc(OC)c1OC. The fourth-order valence-electron chi connectivity index (χ4n) is 6.99. The van der Waals surface area contributed by atoms with Crippen molar-refractivity contribution in [3.05, 3.63) is 84.2 Å². The molecule has 15 nitrogen and oxygen atoms in total. The summed E-state index contributed by atoms with van der Waals surface area (Å²) >= 11 is 0. The van der Waals surface area contributed by atoms with Crippen LogP contribution < -0.4 is 28.4 Å². The Kier molecular flexibility index (Phi) is 11.9. The highest BCUT2D eigenvalue weighted by Gasteiger charge is 2.52. The molecular formula is C41H44N4O11. The number of carbonyl (C=O) groups is 3. The summed E-state index contributed by atoms with van der Waals surface area (Å²) in [5, 5.41) is 0. The molecule has 0 bridgehead atoms. The molecule has 294 valence electrons. The molecule has 1 amide bonds. The minimum absolute atomic E-state index is 0.0762. The number of methoxy groups -OCH3 is 6. The molecule has 0 N–H and O–H groups in total. The van der Waals surface area contributed by atoms with Gasteiger partial charge in [-0.3, -0.25) is 14.8 Å². The standard InChI is InChI=1S/C41H44N4O11/c1-44(23-25-10-13-42-30(16-25)28-18-32(49-2)38(53-6)33(19-28)50-3)40(48)27-12-15-45(41(22-27)55-36(46)8-9-37(47)56-41)24-26-11-14-43-31(17-26)29-20-34(51-4)39(54-7)35(21-29)52-5/h8-11,13-14,16-21,27H,12,15,22-24H2,1-7H3. The molecule has 4 heterocycles. The summed E-state index contributed by atoms with van der Waals surface area (Å²) in [5.41, 5.74) is 4.32. The van der Waals surface area contributed by atoms with E-state index in [2.05, 4.69) is 9.97 Å². The maximum Gasteiger partial charge on any atom is 0.335 e. The zero-order valence-corrected chi connectivity index (χ0v) is 32.3. The smallest absolute Gasteiger partial charge is 0.335 e. The van der Waals surface area contributed by atoms with E-state index < -0.39 is 23.8 Å². The number of hydrogen-bond donors (Lipinski definition) is 0. The van der Waals surface area contributed by atoms with Gasteiger partial charge in [0.1, 0.15) is 0 Å². The summed E-state index contributed by atoms with van der Waals surface area (Å²) in [5.74, 6) is -1.38.